The van der Waals surface area contributed by atoms with E-state index in [-0.39, 0.29) is 6.42 Å². The van der Waals surface area contributed by atoms with Crippen molar-refractivity contribution in [2.45, 2.75) is 65.2 Å². The molecule has 0 aromatic heterocycles. The summed E-state index contributed by atoms with van der Waals surface area (Å²) in [5.41, 5.74) is 1.41. The summed E-state index contributed by atoms with van der Waals surface area (Å²) < 4.78 is 0. The minimum absolute atomic E-state index is 0.264. The van der Waals surface area contributed by atoms with Crippen LogP contribution in [0.2, 0.25) is 0 Å². The van der Waals surface area contributed by atoms with Crippen molar-refractivity contribution in [1.29, 1.82) is 0 Å². The van der Waals surface area contributed by atoms with Gasteiger partial charge in [0.05, 0.1) is 0 Å². The number of carboxylic acids is 2. The van der Waals surface area contributed by atoms with Gasteiger partial charge in [-0.2, -0.15) is 0 Å². The molecule has 0 fully saturated rings. The van der Waals surface area contributed by atoms with Crippen LogP contribution in [0.15, 0.2) is 11.1 Å². The molecule has 0 saturated heterocycles. The van der Waals surface area contributed by atoms with Crippen molar-refractivity contribution in [3.05, 3.63) is 11.1 Å². The number of hydrogen-bond donors (Lipinski definition) is 2. The van der Waals surface area contributed by atoms with Gasteiger partial charge in [0.2, 0.25) is 0 Å². The lowest BCUT2D eigenvalue weighted by atomic mass is 10.0. The number of aliphatic carboxylic acids is 2. The fourth-order valence-corrected chi connectivity index (χ4v) is 1.74. The Morgan fingerprint density at radius 3 is 1.67 bits per heavy atom. The Hall–Kier alpha value is -1.32. The van der Waals surface area contributed by atoms with Crippen LogP contribution < -0.4 is 0 Å². The normalized spacial score (nSPS) is 12.1. The smallest absolute Gasteiger partial charge is 0.331 e. The van der Waals surface area contributed by atoms with E-state index in [4.69, 9.17) is 10.2 Å². The van der Waals surface area contributed by atoms with Crippen LogP contribution in [0.1, 0.15) is 65.2 Å². The topological polar surface area (TPSA) is 74.6 Å². The minimum Gasteiger partial charge on any atom is -0.481 e. The molecule has 0 aliphatic heterocycles. The Balaban J connectivity index is 3.49. The lowest BCUT2D eigenvalue weighted by molar-refractivity contribution is -0.137. The Labute approximate surface area is 109 Å². The van der Waals surface area contributed by atoms with Gasteiger partial charge in [0.25, 0.3) is 0 Å². The molecule has 0 aliphatic carbocycles. The predicted octanol–water partition coefficient (Wildman–Crippen LogP) is 3.61. The highest BCUT2D eigenvalue weighted by Gasteiger charge is 2.04. The molecular formula is C14H24O4. The van der Waals surface area contributed by atoms with E-state index in [9.17, 15) is 9.59 Å². The van der Waals surface area contributed by atoms with Gasteiger partial charge in [-0.25, -0.2) is 4.79 Å². The summed E-state index contributed by atoms with van der Waals surface area (Å²) >= 11 is 0. The second-order valence-corrected chi connectivity index (χ2v) is 4.73. The van der Waals surface area contributed by atoms with E-state index in [1.54, 1.807) is 6.92 Å². The summed E-state index contributed by atoms with van der Waals surface area (Å²) in [6, 6.07) is 0. The molecule has 4 heteroatoms. The minimum atomic E-state index is -0.832. The first kappa shape index (κ1) is 16.7. The number of hydrogen-bond acceptors (Lipinski definition) is 2. The summed E-state index contributed by atoms with van der Waals surface area (Å²) in [7, 11) is 0. The van der Waals surface area contributed by atoms with Gasteiger partial charge in [0.1, 0.15) is 0 Å². The summed E-state index contributed by atoms with van der Waals surface area (Å²) in [6.45, 7) is 3.51. The van der Waals surface area contributed by atoms with E-state index >= 15 is 0 Å². The van der Waals surface area contributed by atoms with Crippen LogP contribution in [0.3, 0.4) is 0 Å². The first-order valence-electron chi connectivity index (χ1n) is 6.56. The molecule has 18 heavy (non-hydrogen) atoms. The third-order valence-electron chi connectivity index (χ3n) is 3.15. The van der Waals surface area contributed by atoms with Crippen molar-refractivity contribution in [3.8, 4) is 0 Å². The molecule has 0 rings (SSSR count). The van der Waals surface area contributed by atoms with Crippen molar-refractivity contribution in [2.75, 3.05) is 0 Å². The van der Waals surface area contributed by atoms with Gasteiger partial charge in [-0.1, -0.05) is 31.3 Å². The van der Waals surface area contributed by atoms with Crippen LogP contribution in [0.5, 0.6) is 0 Å². The van der Waals surface area contributed by atoms with Crippen molar-refractivity contribution in [1.82, 2.24) is 0 Å². The molecule has 0 heterocycles. The quantitative estimate of drug-likeness (QED) is 0.462. The van der Waals surface area contributed by atoms with Gasteiger partial charge in [-0.15, -0.1) is 0 Å². The van der Waals surface area contributed by atoms with Gasteiger partial charge < -0.3 is 10.2 Å². The number of unbranched alkanes of at least 4 members (excludes halogenated alkanes) is 5. The Morgan fingerprint density at radius 2 is 1.22 bits per heavy atom. The molecular weight excluding hydrogens is 232 g/mol. The molecule has 2 N–H and O–H groups in total. The molecule has 0 radical (unpaired) electrons. The highest BCUT2D eigenvalue weighted by atomic mass is 16.4. The first-order chi connectivity index (χ1) is 8.45. The first-order valence-corrected chi connectivity index (χ1v) is 6.56. The van der Waals surface area contributed by atoms with Gasteiger partial charge in [-0.3, -0.25) is 4.79 Å². The van der Waals surface area contributed by atoms with E-state index < -0.39 is 11.9 Å². The van der Waals surface area contributed by atoms with E-state index in [0.29, 0.717) is 5.57 Å². The highest BCUT2D eigenvalue weighted by molar-refractivity contribution is 5.86. The van der Waals surface area contributed by atoms with Crippen molar-refractivity contribution < 1.29 is 19.8 Å². The lowest BCUT2D eigenvalue weighted by Crippen LogP contribution is -1.99. The van der Waals surface area contributed by atoms with Crippen LogP contribution in [-0.2, 0) is 9.59 Å². The third kappa shape index (κ3) is 8.79. The van der Waals surface area contributed by atoms with E-state index in [1.807, 2.05) is 6.92 Å². The molecule has 0 aromatic rings. The monoisotopic (exact) mass is 256 g/mol. The molecule has 104 valence electrons. The molecule has 0 amide bonds. The number of carboxylic acid groups (broad SMARTS) is 2. The van der Waals surface area contributed by atoms with Crippen LogP contribution in [0.4, 0.5) is 0 Å². The van der Waals surface area contributed by atoms with Crippen molar-refractivity contribution in [3.63, 3.8) is 0 Å². The second kappa shape index (κ2) is 9.68. The fraction of sp³-hybridized carbons (Fsp3) is 0.714. The van der Waals surface area contributed by atoms with Gasteiger partial charge in [-0.05, 0) is 33.1 Å². The highest BCUT2D eigenvalue weighted by Crippen LogP contribution is 2.14. The summed E-state index contributed by atoms with van der Waals surface area (Å²) in [6.07, 6.45) is 7.08. The predicted molar refractivity (Wildman–Crippen MR) is 70.6 cm³/mol. The maximum absolute atomic E-state index is 10.7. The Bertz CT molecular complexity index is 305. The van der Waals surface area contributed by atoms with Crippen LogP contribution in [-0.4, -0.2) is 22.2 Å². The summed E-state index contributed by atoms with van der Waals surface area (Å²) in [5, 5.41) is 17.3. The maximum atomic E-state index is 10.7. The number of carbonyl (C=O) groups is 2. The van der Waals surface area contributed by atoms with Crippen LogP contribution in [0, 0.1) is 0 Å². The molecule has 0 unspecified atom stereocenters. The van der Waals surface area contributed by atoms with Gasteiger partial charge in [0, 0.05) is 12.0 Å². The molecule has 0 saturated carbocycles. The average Bonchev–Trinajstić information content (AvgIpc) is 2.30. The van der Waals surface area contributed by atoms with Crippen LogP contribution in [0.25, 0.3) is 0 Å². The molecule has 4 nitrogen and oxygen atoms in total. The fourth-order valence-electron chi connectivity index (χ4n) is 1.74. The second-order valence-electron chi connectivity index (χ2n) is 4.73. The Morgan fingerprint density at radius 1 is 0.778 bits per heavy atom. The third-order valence-corrected chi connectivity index (χ3v) is 3.15. The van der Waals surface area contributed by atoms with E-state index in [0.717, 1.165) is 50.5 Å². The largest absolute Gasteiger partial charge is 0.481 e. The maximum Gasteiger partial charge on any atom is 0.331 e. The zero-order valence-electron chi connectivity index (χ0n) is 11.4. The van der Waals surface area contributed by atoms with Gasteiger partial charge in [0.15, 0.2) is 0 Å². The molecule has 0 atom stereocenters. The molecule has 0 aromatic carbocycles. The number of rotatable bonds is 10. The molecule has 0 aliphatic rings. The SMILES string of the molecule is C/C(CCCCCCCCC(=O)O)=C(\C)C(=O)O. The van der Waals surface area contributed by atoms with Crippen LogP contribution >= 0.6 is 0 Å². The van der Waals surface area contributed by atoms with Gasteiger partial charge >= 0.3 is 11.9 Å². The van der Waals surface area contributed by atoms with Crippen molar-refractivity contribution >= 4 is 11.9 Å². The number of allylic oxidation sites excluding steroid dienone is 1. The summed E-state index contributed by atoms with van der Waals surface area (Å²) in [4.78, 5) is 21.0. The van der Waals surface area contributed by atoms with E-state index in [2.05, 4.69) is 0 Å². The molecule has 0 spiro atoms. The standard InChI is InChI=1S/C14H24O4/c1-11(12(2)14(17)18)9-7-5-3-4-6-8-10-13(15)16/h3-10H2,1-2H3,(H,15,16)(H,17,18)/b12-11-. The Kier molecular flexibility index (Phi) is 8.97. The lowest BCUT2D eigenvalue weighted by Gasteiger charge is -2.04. The van der Waals surface area contributed by atoms with E-state index in [1.165, 1.54) is 0 Å². The average molecular weight is 256 g/mol. The zero-order valence-corrected chi connectivity index (χ0v) is 11.4. The summed E-state index contributed by atoms with van der Waals surface area (Å²) in [5.74, 6) is -1.55. The molecule has 0 bridgehead atoms. The van der Waals surface area contributed by atoms with Crippen molar-refractivity contribution in [2.24, 2.45) is 0 Å². The zero-order chi connectivity index (χ0) is 14.0.